The summed E-state index contributed by atoms with van der Waals surface area (Å²) >= 11 is 0. The van der Waals surface area contributed by atoms with Gasteiger partial charge in [0.15, 0.2) is 15.1 Å². The third-order valence-corrected chi connectivity index (χ3v) is 4.84. The summed E-state index contributed by atoms with van der Waals surface area (Å²) in [6.07, 6.45) is 0.0645. The molecule has 0 aliphatic heterocycles. The van der Waals surface area contributed by atoms with Gasteiger partial charge < -0.3 is 4.74 Å². The lowest BCUT2D eigenvalue weighted by molar-refractivity contribution is -0.142. The average Bonchev–Trinajstić information content (AvgIpc) is 2.36. The second-order valence-electron chi connectivity index (χ2n) is 4.76. The van der Waals surface area contributed by atoms with E-state index in [-0.39, 0.29) is 17.9 Å². The summed E-state index contributed by atoms with van der Waals surface area (Å²) < 4.78 is 30.0. The summed E-state index contributed by atoms with van der Waals surface area (Å²) in [6.45, 7) is 9.04. The highest BCUT2D eigenvalue weighted by molar-refractivity contribution is 7.92. The number of carbonyl (C=O) groups is 1. The van der Waals surface area contributed by atoms with Gasteiger partial charge in [-0.2, -0.15) is 0 Å². The molecule has 1 rings (SSSR count). The maximum atomic E-state index is 12.6. The molecule has 0 aromatic heterocycles. The Morgan fingerprint density at radius 2 is 1.85 bits per heavy atom. The lowest BCUT2D eigenvalue weighted by Crippen LogP contribution is -2.32. The molecule has 0 amide bonds. The molecule has 1 aromatic carbocycles. The Morgan fingerprint density at radius 3 is 2.30 bits per heavy atom. The smallest absolute Gasteiger partial charge is 0.325 e. The highest BCUT2D eigenvalue weighted by Crippen LogP contribution is 2.22. The van der Waals surface area contributed by atoms with Crippen molar-refractivity contribution in [2.75, 3.05) is 6.61 Å². The van der Waals surface area contributed by atoms with E-state index < -0.39 is 21.1 Å². The lowest BCUT2D eigenvalue weighted by atomic mass is 10.2. The Balaban J connectivity index is 3.19. The van der Waals surface area contributed by atoms with E-state index in [1.165, 1.54) is 12.1 Å². The molecule has 0 aliphatic carbocycles. The number of benzene rings is 1. The molecule has 4 nitrogen and oxygen atoms in total. The number of rotatable bonds is 6. The number of carbonyl (C=O) groups excluding carboxylic acids is 1. The van der Waals surface area contributed by atoms with Gasteiger partial charge in [0.2, 0.25) is 0 Å². The molecule has 0 N–H and O–H groups in total. The predicted octanol–water partition coefficient (Wildman–Crippen LogP) is 2.67. The largest absolute Gasteiger partial charge is 0.465 e. The van der Waals surface area contributed by atoms with E-state index in [1.807, 2.05) is 6.92 Å². The fraction of sp³-hybridized carbons (Fsp3) is 0.400. The average molecular weight is 296 g/mol. The standard InChI is InChI=1S/C15H20O4S/c1-5-19-15(16)14(10-11(2)3)20(17,18)13-8-6-12(4)7-9-13/h6-9,14H,2,5,10H2,1,3-4H3. The fourth-order valence-electron chi connectivity index (χ4n) is 1.76. The summed E-state index contributed by atoms with van der Waals surface area (Å²) in [7, 11) is -3.77. The van der Waals surface area contributed by atoms with Crippen LogP contribution in [0.5, 0.6) is 0 Å². The second kappa shape index (κ2) is 6.70. The Bertz CT molecular complexity index is 585. The topological polar surface area (TPSA) is 60.4 Å². The molecular weight excluding hydrogens is 276 g/mol. The maximum Gasteiger partial charge on any atom is 0.325 e. The monoisotopic (exact) mass is 296 g/mol. The minimum Gasteiger partial charge on any atom is -0.465 e. The number of esters is 1. The van der Waals surface area contributed by atoms with Gasteiger partial charge in [-0.05, 0) is 39.3 Å². The van der Waals surface area contributed by atoms with Gasteiger partial charge >= 0.3 is 5.97 Å². The van der Waals surface area contributed by atoms with Crippen LogP contribution >= 0.6 is 0 Å². The van der Waals surface area contributed by atoms with Crippen molar-refractivity contribution < 1.29 is 17.9 Å². The molecule has 0 saturated heterocycles. The third-order valence-electron chi connectivity index (χ3n) is 2.81. The van der Waals surface area contributed by atoms with E-state index in [0.717, 1.165) is 5.56 Å². The molecule has 0 heterocycles. The van der Waals surface area contributed by atoms with Crippen LogP contribution in [0.3, 0.4) is 0 Å². The van der Waals surface area contributed by atoms with Crippen molar-refractivity contribution in [3.8, 4) is 0 Å². The Hall–Kier alpha value is -1.62. The minimum atomic E-state index is -3.77. The number of hydrogen-bond acceptors (Lipinski definition) is 4. The van der Waals surface area contributed by atoms with E-state index in [0.29, 0.717) is 5.57 Å². The number of allylic oxidation sites excluding steroid dienone is 1. The second-order valence-corrected chi connectivity index (χ2v) is 6.89. The van der Waals surface area contributed by atoms with E-state index in [2.05, 4.69) is 6.58 Å². The zero-order valence-corrected chi connectivity index (χ0v) is 12.9. The predicted molar refractivity (Wildman–Crippen MR) is 78.2 cm³/mol. The molecule has 0 bridgehead atoms. The van der Waals surface area contributed by atoms with Crippen LogP contribution in [0.25, 0.3) is 0 Å². The van der Waals surface area contributed by atoms with Gasteiger partial charge in [-0.25, -0.2) is 8.42 Å². The first-order valence-corrected chi connectivity index (χ1v) is 7.95. The molecule has 0 spiro atoms. The molecule has 110 valence electrons. The van der Waals surface area contributed by atoms with Crippen molar-refractivity contribution in [1.29, 1.82) is 0 Å². The van der Waals surface area contributed by atoms with E-state index in [9.17, 15) is 13.2 Å². The van der Waals surface area contributed by atoms with Crippen molar-refractivity contribution in [1.82, 2.24) is 0 Å². The van der Waals surface area contributed by atoms with Gasteiger partial charge in [-0.1, -0.05) is 23.3 Å². The molecule has 0 saturated carbocycles. The van der Waals surface area contributed by atoms with Gasteiger partial charge in [0.1, 0.15) is 0 Å². The SMILES string of the molecule is C=C(C)CC(C(=O)OCC)S(=O)(=O)c1ccc(C)cc1. The molecule has 0 radical (unpaired) electrons. The van der Waals surface area contributed by atoms with Crippen LogP contribution in [0.4, 0.5) is 0 Å². The minimum absolute atomic E-state index is 0.0645. The Labute approximate surface area is 120 Å². The molecule has 1 aromatic rings. The number of hydrogen-bond donors (Lipinski definition) is 0. The fourth-order valence-corrected chi connectivity index (χ4v) is 3.43. The summed E-state index contributed by atoms with van der Waals surface area (Å²) in [6, 6.07) is 6.43. The van der Waals surface area contributed by atoms with Crippen LogP contribution in [0.15, 0.2) is 41.3 Å². The van der Waals surface area contributed by atoms with Gasteiger partial charge in [-0.15, -0.1) is 6.58 Å². The van der Waals surface area contributed by atoms with E-state index >= 15 is 0 Å². The molecule has 0 aliphatic rings. The van der Waals surface area contributed by atoms with Crippen LogP contribution in [0, 0.1) is 6.92 Å². The van der Waals surface area contributed by atoms with E-state index in [4.69, 9.17) is 4.74 Å². The molecule has 1 unspecified atom stereocenters. The van der Waals surface area contributed by atoms with Crippen LogP contribution in [-0.2, 0) is 19.4 Å². The third kappa shape index (κ3) is 3.93. The van der Waals surface area contributed by atoms with Gasteiger partial charge in [0, 0.05) is 0 Å². The molecule has 5 heteroatoms. The highest BCUT2D eigenvalue weighted by Gasteiger charge is 2.35. The summed E-state index contributed by atoms with van der Waals surface area (Å²) in [5.41, 5.74) is 1.58. The van der Waals surface area contributed by atoms with Crippen LogP contribution in [0.1, 0.15) is 25.8 Å². The first kappa shape index (κ1) is 16.4. The lowest BCUT2D eigenvalue weighted by Gasteiger charge is -2.16. The van der Waals surface area contributed by atoms with Gasteiger partial charge in [-0.3, -0.25) is 4.79 Å². The van der Waals surface area contributed by atoms with Crippen LogP contribution < -0.4 is 0 Å². The molecule has 0 fully saturated rings. The summed E-state index contributed by atoms with van der Waals surface area (Å²) in [5.74, 6) is -0.726. The highest BCUT2D eigenvalue weighted by atomic mass is 32.2. The first-order chi connectivity index (χ1) is 9.28. The number of sulfone groups is 1. The Morgan fingerprint density at radius 1 is 1.30 bits per heavy atom. The Kier molecular flexibility index (Phi) is 5.51. The van der Waals surface area contributed by atoms with Crippen molar-refractivity contribution in [2.45, 2.75) is 37.3 Å². The number of aryl methyl sites for hydroxylation is 1. The normalized spacial score (nSPS) is 12.8. The summed E-state index contributed by atoms with van der Waals surface area (Å²) in [4.78, 5) is 12.1. The molecule has 20 heavy (non-hydrogen) atoms. The van der Waals surface area contributed by atoms with Crippen LogP contribution in [-0.4, -0.2) is 26.2 Å². The molecule has 1 atom stereocenters. The quantitative estimate of drug-likeness (QED) is 0.598. The number of ether oxygens (including phenoxy) is 1. The van der Waals surface area contributed by atoms with Crippen LogP contribution in [0.2, 0.25) is 0 Å². The zero-order chi connectivity index (χ0) is 15.3. The first-order valence-electron chi connectivity index (χ1n) is 6.40. The van der Waals surface area contributed by atoms with Gasteiger partial charge in [0.05, 0.1) is 11.5 Å². The zero-order valence-electron chi connectivity index (χ0n) is 12.0. The van der Waals surface area contributed by atoms with Crippen molar-refractivity contribution in [3.63, 3.8) is 0 Å². The summed E-state index contributed by atoms with van der Waals surface area (Å²) in [5, 5.41) is -1.23. The maximum absolute atomic E-state index is 12.6. The van der Waals surface area contributed by atoms with Crippen molar-refractivity contribution >= 4 is 15.8 Å². The van der Waals surface area contributed by atoms with Gasteiger partial charge in [0.25, 0.3) is 0 Å². The van der Waals surface area contributed by atoms with E-state index in [1.54, 1.807) is 26.0 Å². The van der Waals surface area contributed by atoms with Crippen molar-refractivity contribution in [2.24, 2.45) is 0 Å². The molecular formula is C15H20O4S. The van der Waals surface area contributed by atoms with Crippen molar-refractivity contribution in [3.05, 3.63) is 42.0 Å².